The van der Waals surface area contributed by atoms with Crippen molar-refractivity contribution in [1.29, 1.82) is 0 Å². The second kappa shape index (κ2) is 7.93. The van der Waals surface area contributed by atoms with Crippen LogP contribution in [-0.2, 0) is 16.1 Å². The molecule has 0 fully saturated rings. The number of benzene rings is 1. The van der Waals surface area contributed by atoms with Crippen LogP contribution in [0.3, 0.4) is 0 Å². The van der Waals surface area contributed by atoms with Gasteiger partial charge in [0.25, 0.3) is 5.56 Å². The van der Waals surface area contributed by atoms with Crippen LogP contribution in [-0.4, -0.2) is 28.0 Å². The summed E-state index contributed by atoms with van der Waals surface area (Å²) in [6.45, 7) is 7.39. The highest BCUT2D eigenvalue weighted by atomic mass is 32.1. The summed E-state index contributed by atoms with van der Waals surface area (Å²) in [5, 5.41) is 3.16. The summed E-state index contributed by atoms with van der Waals surface area (Å²) in [5.41, 5.74) is 2.92. The first-order valence-corrected chi connectivity index (χ1v) is 9.66. The van der Waals surface area contributed by atoms with Crippen LogP contribution >= 0.6 is 11.3 Å². The van der Waals surface area contributed by atoms with Gasteiger partial charge in [0.2, 0.25) is 5.91 Å². The second-order valence-electron chi connectivity index (χ2n) is 6.50. The van der Waals surface area contributed by atoms with Gasteiger partial charge >= 0.3 is 5.97 Å². The lowest BCUT2D eigenvalue weighted by atomic mass is 10.1. The molecule has 0 bridgehead atoms. The molecule has 1 N–H and O–H groups in total. The average molecular weight is 399 g/mol. The fraction of sp³-hybridized carbons (Fsp3) is 0.300. The van der Waals surface area contributed by atoms with Crippen molar-refractivity contribution in [3.05, 3.63) is 56.4 Å². The number of ether oxygens (including phenoxy) is 1. The number of hydrogen-bond donors (Lipinski definition) is 1. The molecule has 8 heteroatoms. The van der Waals surface area contributed by atoms with Crippen LogP contribution in [0.1, 0.15) is 33.3 Å². The molecule has 28 heavy (non-hydrogen) atoms. The van der Waals surface area contributed by atoms with Gasteiger partial charge in [0.15, 0.2) is 0 Å². The van der Waals surface area contributed by atoms with Gasteiger partial charge in [-0.3, -0.25) is 14.2 Å². The largest absolute Gasteiger partial charge is 0.462 e. The Kier molecular flexibility index (Phi) is 5.60. The number of thiophene rings is 1. The van der Waals surface area contributed by atoms with Crippen molar-refractivity contribution in [3.63, 3.8) is 0 Å². The van der Waals surface area contributed by atoms with Gasteiger partial charge in [-0.2, -0.15) is 0 Å². The molecule has 0 spiro atoms. The summed E-state index contributed by atoms with van der Waals surface area (Å²) < 4.78 is 6.28. The molecule has 0 saturated heterocycles. The minimum Gasteiger partial charge on any atom is -0.462 e. The SMILES string of the molecule is CCOC(=O)c1sc2ncn(CC(=O)Nc3ccc(C)cc3C)c(=O)c2c1C. The Balaban J connectivity index is 1.88. The van der Waals surface area contributed by atoms with E-state index in [1.54, 1.807) is 13.8 Å². The number of nitrogens with one attached hydrogen (secondary N) is 1. The first-order valence-electron chi connectivity index (χ1n) is 8.84. The van der Waals surface area contributed by atoms with Gasteiger partial charge in [0, 0.05) is 5.69 Å². The Morgan fingerprint density at radius 3 is 2.68 bits per heavy atom. The van der Waals surface area contributed by atoms with Crippen molar-refractivity contribution in [3.8, 4) is 0 Å². The van der Waals surface area contributed by atoms with E-state index in [-0.39, 0.29) is 24.6 Å². The van der Waals surface area contributed by atoms with Gasteiger partial charge < -0.3 is 10.1 Å². The Hall–Kier alpha value is -3.00. The molecule has 3 aromatic rings. The van der Waals surface area contributed by atoms with Crippen LogP contribution in [0, 0.1) is 20.8 Å². The molecule has 0 radical (unpaired) electrons. The molecule has 7 nitrogen and oxygen atoms in total. The average Bonchev–Trinajstić information content (AvgIpc) is 2.97. The Bertz CT molecular complexity index is 1130. The van der Waals surface area contributed by atoms with Crippen LogP contribution in [0.25, 0.3) is 10.2 Å². The monoisotopic (exact) mass is 399 g/mol. The molecule has 146 valence electrons. The fourth-order valence-corrected chi connectivity index (χ4v) is 3.99. The number of anilines is 1. The van der Waals surface area contributed by atoms with Crippen LogP contribution < -0.4 is 10.9 Å². The van der Waals surface area contributed by atoms with Crippen molar-refractivity contribution in [1.82, 2.24) is 9.55 Å². The molecular weight excluding hydrogens is 378 g/mol. The van der Waals surface area contributed by atoms with E-state index >= 15 is 0 Å². The third-order valence-electron chi connectivity index (χ3n) is 4.35. The van der Waals surface area contributed by atoms with Crippen LogP contribution in [0.2, 0.25) is 0 Å². The first kappa shape index (κ1) is 19.8. The lowest BCUT2D eigenvalue weighted by Crippen LogP contribution is -2.28. The standard InChI is InChI=1S/C20H21N3O4S/c1-5-27-20(26)17-13(4)16-18(28-17)21-10-23(19(16)25)9-15(24)22-14-7-6-11(2)8-12(14)3/h6-8,10H,5,9H2,1-4H3,(H,22,24). The summed E-state index contributed by atoms with van der Waals surface area (Å²) in [5.74, 6) is -0.796. The summed E-state index contributed by atoms with van der Waals surface area (Å²) in [6, 6.07) is 5.72. The molecular formula is C20H21N3O4S. The number of aryl methyl sites for hydroxylation is 3. The number of esters is 1. The van der Waals surface area contributed by atoms with Crippen molar-refractivity contribution >= 4 is 39.1 Å². The molecule has 0 aliphatic heterocycles. The van der Waals surface area contributed by atoms with Crippen LogP contribution in [0.15, 0.2) is 29.3 Å². The summed E-state index contributed by atoms with van der Waals surface area (Å²) >= 11 is 1.12. The van der Waals surface area contributed by atoms with E-state index in [9.17, 15) is 14.4 Å². The molecule has 0 aliphatic rings. The Morgan fingerprint density at radius 2 is 2.00 bits per heavy atom. The minimum absolute atomic E-state index is 0.168. The maximum Gasteiger partial charge on any atom is 0.348 e. The number of carbonyl (C=O) groups excluding carboxylic acids is 2. The molecule has 0 aliphatic carbocycles. The first-order chi connectivity index (χ1) is 13.3. The third-order valence-corrected chi connectivity index (χ3v) is 5.53. The molecule has 0 saturated carbocycles. The summed E-state index contributed by atoms with van der Waals surface area (Å²) in [6.07, 6.45) is 1.33. The molecule has 2 aromatic heterocycles. The van der Waals surface area contributed by atoms with Crippen LogP contribution in [0.4, 0.5) is 5.69 Å². The van der Waals surface area contributed by atoms with E-state index in [2.05, 4.69) is 10.3 Å². The van der Waals surface area contributed by atoms with E-state index in [0.717, 1.165) is 22.5 Å². The number of fused-ring (bicyclic) bond motifs is 1. The number of aromatic nitrogens is 2. The Morgan fingerprint density at radius 1 is 1.25 bits per heavy atom. The molecule has 2 heterocycles. The highest BCUT2D eigenvalue weighted by molar-refractivity contribution is 7.20. The maximum absolute atomic E-state index is 12.8. The van der Waals surface area contributed by atoms with E-state index in [1.807, 2.05) is 32.0 Å². The number of hydrogen-bond acceptors (Lipinski definition) is 6. The zero-order chi connectivity index (χ0) is 20.4. The van der Waals surface area contributed by atoms with Crippen molar-refractivity contribution in [2.45, 2.75) is 34.2 Å². The number of nitrogens with zero attached hydrogens (tertiary/aromatic N) is 2. The minimum atomic E-state index is -0.471. The number of carbonyl (C=O) groups is 2. The number of rotatable bonds is 5. The molecule has 0 unspecified atom stereocenters. The van der Waals surface area contributed by atoms with Crippen LogP contribution in [0.5, 0.6) is 0 Å². The number of amides is 1. The summed E-state index contributed by atoms with van der Waals surface area (Å²) in [7, 11) is 0. The molecule has 0 atom stereocenters. The quantitative estimate of drug-likeness (QED) is 0.666. The lowest BCUT2D eigenvalue weighted by molar-refractivity contribution is -0.116. The van der Waals surface area contributed by atoms with Gasteiger partial charge in [-0.05, 0) is 44.9 Å². The van der Waals surface area contributed by atoms with Gasteiger partial charge in [-0.15, -0.1) is 11.3 Å². The lowest BCUT2D eigenvalue weighted by Gasteiger charge is -2.10. The zero-order valence-corrected chi connectivity index (χ0v) is 17.0. The van der Waals surface area contributed by atoms with E-state index < -0.39 is 5.97 Å². The Labute approximate surface area is 166 Å². The van der Waals surface area contributed by atoms with Gasteiger partial charge in [0.05, 0.1) is 18.3 Å². The van der Waals surface area contributed by atoms with Gasteiger partial charge in [0.1, 0.15) is 16.3 Å². The van der Waals surface area contributed by atoms with Crippen molar-refractivity contribution in [2.75, 3.05) is 11.9 Å². The van der Waals surface area contributed by atoms with Gasteiger partial charge in [-0.25, -0.2) is 9.78 Å². The predicted molar refractivity (Wildman–Crippen MR) is 109 cm³/mol. The van der Waals surface area contributed by atoms with Gasteiger partial charge in [-0.1, -0.05) is 17.7 Å². The smallest absolute Gasteiger partial charge is 0.348 e. The highest BCUT2D eigenvalue weighted by Gasteiger charge is 2.20. The maximum atomic E-state index is 12.8. The van der Waals surface area contributed by atoms with E-state index in [1.165, 1.54) is 10.9 Å². The molecule has 1 aromatic carbocycles. The van der Waals surface area contributed by atoms with Crippen molar-refractivity contribution in [2.24, 2.45) is 0 Å². The second-order valence-corrected chi connectivity index (χ2v) is 7.50. The predicted octanol–water partition coefficient (Wildman–Crippen LogP) is 3.20. The fourth-order valence-electron chi connectivity index (χ4n) is 2.96. The summed E-state index contributed by atoms with van der Waals surface area (Å²) in [4.78, 5) is 42.4. The third kappa shape index (κ3) is 3.82. The molecule has 3 rings (SSSR count). The highest BCUT2D eigenvalue weighted by Crippen LogP contribution is 2.27. The normalized spacial score (nSPS) is 10.9. The van der Waals surface area contributed by atoms with E-state index in [0.29, 0.717) is 26.3 Å². The van der Waals surface area contributed by atoms with Crippen molar-refractivity contribution < 1.29 is 14.3 Å². The molecule has 1 amide bonds. The van der Waals surface area contributed by atoms with E-state index in [4.69, 9.17) is 4.74 Å². The zero-order valence-electron chi connectivity index (χ0n) is 16.2. The topological polar surface area (TPSA) is 90.3 Å².